The van der Waals surface area contributed by atoms with E-state index in [1.165, 1.54) is 11.1 Å². The Labute approximate surface area is 118 Å². The highest BCUT2D eigenvalue weighted by atomic mass is 32.2. The first-order valence-electron chi connectivity index (χ1n) is 6.46. The Bertz CT molecular complexity index is 551. The summed E-state index contributed by atoms with van der Waals surface area (Å²) in [6.07, 6.45) is 0. The highest BCUT2D eigenvalue weighted by molar-refractivity contribution is 8.14. The molecule has 0 aromatic heterocycles. The van der Waals surface area contributed by atoms with Gasteiger partial charge in [-0.1, -0.05) is 72.4 Å². The van der Waals surface area contributed by atoms with Gasteiger partial charge in [-0.15, -0.1) is 0 Å². The number of amidine groups is 1. The zero-order chi connectivity index (χ0) is 12.9. The second kappa shape index (κ2) is 5.93. The Kier molecular flexibility index (Phi) is 3.84. The van der Waals surface area contributed by atoms with Crippen molar-refractivity contribution >= 4 is 16.9 Å². The van der Waals surface area contributed by atoms with Crippen LogP contribution in [0.2, 0.25) is 0 Å². The summed E-state index contributed by atoms with van der Waals surface area (Å²) in [7, 11) is 0. The van der Waals surface area contributed by atoms with Gasteiger partial charge >= 0.3 is 0 Å². The molecule has 2 aromatic rings. The summed E-state index contributed by atoms with van der Waals surface area (Å²) in [6.45, 7) is 1.71. The second-order valence-electron chi connectivity index (χ2n) is 4.50. The van der Waals surface area contributed by atoms with Crippen molar-refractivity contribution in [1.29, 1.82) is 0 Å². The summed E-state index contributed by atoms with van der Waals surface area (Å²) < 4.78 is 0. The van der Waals surface area contributed by atoms with Crippen LogP contribution in [0.5, 0.6) is 0 Å². The van der Waals surface area contributed by atoms with Crippen molar-refractivity contribution in [2.45, 2.75) is 11.8 Å². The molecule has 1 unspecified atom stereocenters. The van der Waals surface area contributed by atoms with E-state index >= 15 is 0 Å². The lowest BCUT2D eigenvalue weighted by atomic mass is 10.1. The molecule has 2 aromatic carbocycles. The Hall–Kier alpha value is -1.74. The number of benzene rings is 2. The molecule has 3 rings (SSSR count). The van der Waals surface area contributed by atoms with E-state index in [9.17, 15) is 0 Å². The van der Waals surface area contributed by atoms with Gasteiger partial charge in [0.2, 0.25) is 0 Å². The Morgan fingerprint density at radius 2 is 1.68 bits per heavy atom. The molecule has 0 radical (unpaired) electrons. The summed E-state index contributed by atoms with van der Waals surface area (Å²) in [6, 6.07) is 21.0. The maximum atomic E-state index is 4.58. The van der Waals surface area contributed by atoms with Crippen LogP contribution < -0.4 is 5.32 Å². The van der Waals surface area contributed by atoms with E-state index in [2.05, 4.69) is 64.9 Å². The maximum Gasteiger partial charge on any atom is 0.157 e. The fourth-order valence-corrected chi connectivity index (χ4v) is 3.10. The molecule has 1 aliphatic rings. The van der Waals surface area contributed by atoms with Gasteiger partial charge in [0.15, 0.2) is 5.17 Å². The van der Waals surface area contributed by atoms with Crippen LogP contribution in [0, 0.1) is 0 Å². The molecule has 0 spiro atoms. The summed E-state index contributed by atoms with van der Waals surface area (Å²) in [5, 5.41) is 4.92. The van der Waals surface area contributed by atoms with Crippen LogP contribution in [0.1, 0.15) is 16.4 Å². The van der Waals surface area contributed by atoms with E-state index < -0.39 is 0 Å². The van der Waals surface area contributed by atoms with E-state index in [0.717, 1.165) is 18.3 Å². The molecular formula is C16H16N2S. The van der Waals surface area contributed by atoms with Gasteiger partial charge in [0.05, 0.1) is 11.8 Å². The average molecular weight is 268 g/mol. The molecule has 19 heavy (non-hydrogen) atoms. The van der Waals surface area contributed by atoms with Gasteiger partial charge in [-0.2, -0.15) is 0 Å². The normalized spacial score (nSPS) is 18.1. The fraction of sp³-hybridized carbons (Fsp3) is 0.188. The molecule has 1 heterocycles. The highest BCUT2D eigenvalue weighted by Crippen LogP contribution is 2.34. The number of hydrogen-bond donors (Lipinski definition) is 1. The minimum absolute atomic E-state index is 0.458. The molecule has 2 nitrogen and oxygen atoms in total. The van der Waals surface area contributed by atoms with Gasteiger partial charge in [-0.05, 0) is 11.1 Å². The zero-order valence-corrected chi connectivity index (χ0v) is 11.4. The number of nitrogens with zero attached hydrogens (tertiary/aromatic N) is 1. The average Bonchev–Trinajstić information content (AvgIpc) is 2.96. The Morgan fingerprint density at radius 1 is 1.00 bits per heavy atom. The summed E-state index contributed by atoms with van der Waals surface area (Å²) >= 11 is 1.82. The lowest BCUT2D eigenvalue weighted by Gasteiger charge is -2.09. The largest absolute Gasteiger partial charge is 0.361 e. The molecule has 1 aliphatic heterocycles. The first-order chi connectivity index (χ1) is 9.42. The van der Waals surface area contributed by atoms with Gasteiger partial charge in [0.25, 0.3) is 0 Å². The van der Waals surface area contributed by atoms with Crippen LogP contribution in [0.25, 0.3) is 0 Å². The molecule has 0 fully saturated rings. The standard InChI is InChI=1S/C16H16N2S/c1-3-7-13(8-4-1)11-17-16-18-12-15(19-16)14-9-5-2-6-10-14/h1-10,15H,11-12H2,(H,17,18). The molecule has 0 bridgehead atoms. The Balaban J connectivity index is 1.55. The minimum atomic E-state index is 0.458. The monoisotopic (exact) mass is 268 g/mol. The first kappa shape index (κ1) is 12.3. The zero-order valence-electron chi connectivity index (χ0n) is 10.6. The van der Waals surface area contributed by atoms with Crippen LogP contribution in [0.4, 0.5) is 0 Å². The molecule has 0 saturated heterocycles. The number of aliphatic imine (C=N–C) groups is 1. The topological polar surface area (TPSA) is 24.4 Å². The van der Waals surface area contributed by atoms with Gasteiger partial charge in [0, 0.05) is 6.54 Å². The van der Waals surface area contributed by atoms with E-state index in [1.807, 2.05) is 17.8 Å². The molecule has 1 atom stereocenters. The molecule has 1 N–H and O–H groups in total. The number of nitrogens with one attached hydrogen (secondary N) is 1. The second-order valence-corrected chi connectivity index (χ2v) is 5.69. The molecule has 3 heteroatoms. The van der Waals surface area contributed by atoms with Crippen molar-refractivity contribution in [1.82, 2.24) is 5.32 Å². The predicted octanol–water partition coefficient (Wildman–Crippen LogP) is 3.62. The van der Waals surface area contributed by atoms with Gasteiger partial charge in [-0.25, -0.2) is 0 Å². The van der Waals surface area contributed by atoms with Crippen molar-refractivity contribution in [3.63, 3.8) is 0 Å². The number of rotatable bonds is 3. The number of thioether (sulfide) groups is 1. The smallest absolute Gasteiger partial charge is 0.157 e. The Morgan fingerprint density at radius 3 is 2.42 bits per heavy atom. The summed E-state index contributed by atoms with van der Waals surface area (Å²) in [5.74, 6) is 0. The van der Waals surface area contributed by atoms with Crippen molar-refractivity contribution in [2.75, 3.05) is 6.54 Å². The van der Waals surface area contributed by atoms with Gasteiger partial charge < -0.3 is 5.32 Å². The molecule has 0 amide bonds. The van der Waals surface area contributed by atoms with Crippen molar-refractivity contribution in [3.05, 3.63) is 71.8 Å². The lowest BCUT2D eigenvalue weighted by Crippen LogP contribution is -2.18. The third-order valence-corrected chi connectivity index (χ3v) is 4.31. The van der Waals surface area contributed by atoms with Crippen LogP contribution in [0.15, 0.2) is 65.7 Å². The van der Waals surface area contributed by atoms with Crippen LogP contribution >= 0.6 is 11.8 Å². The highest BCUT2D eigenvalue weighted by Gasteiger charge is 2.20. The minimum Gasteiger partial charge on any atom is -0.361 e. The number of hydrogen-bond acceptors (Lipinski definition) is 3. The molecule has 96 valence electrons. The van der Waals surface area contributed by atoms with Crippen molar-refractivity contribution in [2.24, 2.45) is 4.99 Å². The van der Waals surface area contributed by atoms with E-state index in [-0.39, 0.29) is 0 Å². The maximum absolute atomic E-state index is 4.58. The summed E-state index contributed by atoms with van der Waals surface area (Å²) in [5.41, 5.74) is 2.64. The first-order valence-corrected chi connectivity index (χ1v) is 7.33. The quantitative estimate of drug-likeness (QED) is 0.919. The van der Waals surface area contributed by atoms with E-state index in [0.29, 0.717) is 5.25 Å². The SMILES string of the molecule is c1ccc(CNC2=NCC(c3ccccc3)S2)cc1. The fourth-order valence-electron chi connectivity index (χ4n) is 2.09. The van der Waals surface area contributed by atoms with Crippen LogP contribution in [-0.2, 0) is 6.54 Å². The third kappa shape index (κ3) is 3.18. The van der Waals surface area contributed by atoms with Gasteiger partial charge in [-0.3, -0.25) is 4.99 Å². The van der Waals surface area contributed by atoms with Gasteiger partial charge in [0.1, 0.15) is 0 Å². The van der Waals surface area contributed by atoms with E-state index in [1.54, 1.807) is 0 Å². The molecular weight excluding hydrogens is 252 g/mol. The molecule has 0 saturated carbocycles. The van der Waals surface area contributed by atoms with Crippen molar-refractivity contribution < 1.29 is 0 Å². The molecule has 0 aliphatic carbocycles. The third-order valence-electron chi connectivity index (χ3n) is 3.11. The summed E-state index contributed by atoms with van der Waals surface area (Å²) in [4.78, 5) is 4.58. The van der Waals surface area contributed by atoms with Crippen molar-refractivity contribution in [3.8, 4) is 0 Å². The van der Waals surface area contributed by atoms with E-state index in [4.69, 9.17) is 0 Å². The van der Waals surface area contributed by atoms with Crippen LogP contribution in [0.3, 0.4) is 0 Å². The predicted molar refractivity (Wildman–Crippen MR) is 82.4 cm³/mol. The lowest BCUT2D eigenvalue weighted by molar-refractivity contribution is 0.911. The van der Waals surface area contributed by atoms with Crippen LogP contribution in [-0.4, -0.2) is 11.7 Å².